The normalized spacial score (nSPS) is 10.4. The van der Waals surface area contributed by atoms with Gasteiger partial charge >= 0.3 is 0 Å². The Morgan fingerprint density at radius 1 is 1.12 bits per heavy atom. The predicted molar refractivity (Wildman–Crippen MR) is 103 cm³/mol. The van der Waals surface area contributed by atoms with E-state index in [9.17, 15) is 4.79 Å². The Morgan fingerprint density at radius 2 is 1.84 bits per heavy atom. The van der Waals surface area contributed by atoms with Gasteiger partial charge in [-0.15, -0.1) is 0 Å². The first-order chi connectivity index (χ1) is 12.0. The van der Waals surface area contributed by atoms with E-state index in [-0.39, 0.29) is 12.5 Å². The average molecular weight is 406 g/mol. The number of halogens is 1. The Labute approximate surface area is 157 Å². The molecule has 2 aromatic rings. The van der Waals surface area contributed by atoms with E-state index in [1.807, 2.05) is 44.2 Å². The molecule has 0 saturated carbocycles. The number of benzene rings is 2. The van der Waals surface area contributed by atoms with Crippen molar-refractivity contribution in [2.75, 3.05) is 20.3 Å². The smallest absolute Gasteiger partial charge is 0.257 e. The Kier molecular flexibility index (Phi) is 7.31. The quantitative estimate of drug-likeness (QED) is 0.669. The van der Waals surface area contributed by atoms with Gasteiger partial charge < -0.3 is 14.8 Å². The van der Waals surface area contributed by atoms with E-state index in [0.717, 1.165) is 34.2 Å². The number of carbonyl (C=O) groups excluding carboxylic acids is 1. The number of nitrogens with one attached hydrogen (secondary N) is 1. The molecule has 0 radical (unpaired) electrons. The van der Waals surface area contributed by atoms with E-state index in [0.29, 0.717) is 12.3 Å². The highest BCUT2D eigenvalue weighted by atomic mass is 79.9. The summed E-state index contributed by atoms with van der Waals surface area (Å²) in [5.74, 6) is 1.46. The van der Waals surface area contributed by atoms with Crippen LogP contribution in [0.2, 0.25) is 0 Å². The van der Waals surface area contributed by atoms with Gasteiger partial charge in [-0.2, -0.15) is 0 Å². The second kappa shape index (κ2) is 9.47. The lowest BCUT2D eigenvalue weighted by molar-refractivity contribution is -0.123. The van der Waals surface area contributed by atoms with Gasteiger partial charge in [0.15, 0.2) is 6.61 Å². The zero-order valence-electron chi connectivity index (χ0n) is 14.9. The van der Waals surface area contributed by atoms with Crippen molar-refractivity contribution in [3.05, 3.63) is 57.6 Å². The van der Waals surface area contributed by atoms with Gasteiger partial charge in [-0.3, -0.25) is 4.79 Å². The molecule has 0 unspecified atom stereocenters. The fourth-order valence-corrected chi connectivity index (χ4v) is 2.77. The standard InChI is InChI=1S/C20H24BrNO3/c1-14-10-18(11-15(2)20(14)21)25-13-19(23)22-9-5-7-16-6-4-8-17(12-16)24-3/h4,6,8,10-12H,5,7,9,13H2,1-3H3,(H,22,23). The lowest BCUT2D eigenvalue weighted by Crippen LogP contribution is -2.29. The van der Waals surface area contributed by atoms with Crippen molar-refractivity contribution in [2.45, 2.75) is 26.7 Å². The van der Waals surface area contributed by atoms with E-state index >= 15 is 0 Å². The molecule has 25 heavy (non-hydrogen) atoms. The molecule has 0 spiro atoms. The van der Waals surface area contributed by atoms with Crippen LogP contribution in [0.15, 0.2) is 40.9 Å². The number of carbonyl (C=O) groups is 1. The van der Waals surface area contributed by atoms with Crippen molar-refractivity contribution < 1.29 is 14.3 Å². The highest BCUT2D eigenvalue weighted by Gasteiger charge is 2.06. The second-order valence-electron chi connectivity index (χ2n) is 5.96. The number of hydrogen-bond acceptors (Lipinski definition) is 3. The van der Waals surface area contributed by atoms with E-state index in [4.69, 9.17) is 9.47 Å². The first-order valence-corrected chi connectivity index (χ1v) is 9.08. The van der Waals surface area contributed by atoms with Gasteiger partial charge in [-0.05, 0) is 67.6 Å². The molecule has 0 aliphatic carbocycles. The first kappa shape index (κ1) is 19.3. The maximum Gasteiger partial charge on any atom is 0.257 e. The van der Waals surface area contributed by atoms with Crippen LogP contribution in [0.4, 0.5) is 0 Å². The molecule has 0 fully saturated rings. The Hall–Kier alpha value is -2.01. The fourth-order valence-electron chi connectivity index (χ4n) is 2.54. The molecule has 1 amide bonds. The largest absolute Gasteiger partial charge is 0.497 e. The zero-order chi connectivity index (χ0) is 18.2. The minimum atomic E-state index is -0.108. The molecule has 0 saturated heterocycles. The summed E-state index contributed by atoms with van der Waals surface area (Å²) >= 11 is 3.52. The molecule has 1 N–H and O–H groups in total. The summed E-state index contributed by atoms with van der Waals surface area (Å²) in [6, 6.07) is 11.8. The highest BCUT2D eigenvalue weighted by molar-refractivity contribution is 9.10. The monoisotopic (exact) mass is 405 g/mol. The van der Waals surface area contributed by atoms with Crippen LogP contribution in [0.3, 0.4) is 0 Å². The van der Waals surface area contributed by atoms with Crippen LogP contribution in [0.1, 0.15) is 23.1 Å². The van der Waals surface area contributed by atoms with Crippen molar-refractivity contribution >= 4 is 21.8 Å². The van der Waals surface area contributed by atoms with Gasteiger partial charge in [0.2, 0.25) is 0 Å². The second-order valence-corrected chi connectivity index (χ2v) is 6.76. The minimum Gasteiger partial charge on any atom is -0.497 e. The summed E-state index contributed by atoms with van der Waals surface area (Å²) in [5, 5.41) is 2.89. The molecule has 0 aromatic heterocycles. The zero-order valence-corrected chi connectivity index (χ0v) is 16.5. The summed E-state index contributed by atoms with van der Waals surface area (Å²) in [4.78, 5) is 11.9. The van der Waals surface area contributed by atoms with Gasteiger partial charge in [-0.1, -0.05) is 28.1 Å². The van der Waals surface area contributed by atoms with E-state index in [1.54, 1.807) is 7.11 Å². The van der Waals surface area contributed by atoms with Crippen molar-refractivity contribution in [2.24, 2.45) is 0 Å². The van der Waals surface area contributed by atoms with Crippen LogP contribution in [0.5, 0.6) is 11.5 Å². The summed E-state index contributed by atoms with van der Waals surface area (Å²) in [6.45, 7) is 4.66. The predicted octanol–water partition coefficient (Wildman–Crippen LogP) is 4.20. The molecule has 134 valence electrons. The number of methoxy groups -OCH3 is 1. The molecule has 2 rings (SSSR count). The highest BCUT2D eigenvalue weighted by Crippen LogP contribution is 2.26. The van der Waals surface area contributed by atoms with E-state index in [2.05, 4.69) is 27.3 Å². The molecular weight excluding hydrogens is 382 g/mol. The van der Waals surface area contributed by atoms with Crippen molar-refractivity contribution in [3.63, 3.8) is 0 Å². The van der Waals surface area contributed by atoms with Crippen molar-refractivity contribution in [3.8, 4) is 11.5 Å². The molecule has 4 nitrogen and oxygen atoms in total. The maximum atomic E-state index is 11.9. The summed E-state index contributed by atoms with van der Waals surface area (Å²) in [7, 11) is 1.66. The topological polar surface area (TPSA) is 47.6 Å². The number of hydrogen-bond donors (Lipinski definition) is 1. The molecule has 5 heteroatoms. The van der Waals surface area contributed by atoms with Crippen LogP contribution in [-0.2, 0) is 11.2 Å². The van der Waals surface area contributed by atoms with Crippen LogP contribution in [0.25, 0.3) is 0 Å². The van der Waals surface area contributed by atoms with Crippen LogP contribution < -0.4 is 14.8 Å². The van der Waals surface area contributed by atoms with E-state index < -0.39 is 0 Å². The molecule has 0 atom stereocenters. The average Bonchev–Trinajstić information content (AvgIpc) is 2.61. The third kappa shape index (κ3) is 6.09. The third-order valence-electron chi connectivity index (χ3n) is 3.88. The Balaban J connectivity index is 1.70. The molecule has 2 aromatic carbocycles. The number of amides is 1. The Bertz CT molecular complexity index is 708. The van der Waals surface area contributed by atoms with Gasteiger partial charge in [-0.25, -0.2) is 0 Å². The Morgan fingerprint density at radius 3 is 2.52 bits per heavy atom. The van der Waals surface area contributed by atoms with Crippen LogP contribution in [-0.4, -0.2) is 26.2 Å². The summed E-state index contributed by atoms with van der Waals surface area (Å²) in [6.07, 6.45) is 1.76. The SMILES string of the molecule is COc1cccc(CCCNC(=O)COc2cc(C)c(Br)c(C)c2)c1. The number of ether oxygens (including phenoxy) is 2. The summed E-state index contributed by atoms with van der Waals surface area (Å²) < 4.78 is 11.9. The number of rotatable bonds is 8. The van der Waals surface area contributed by atoms with Crippen LogP contribution in [0, 0.1) is 13.8 Å². The van der Waals surface area contributed by atoms with Crippen LogP contribution >= 0.6 is 15.9 Å². The molecular formula is C20H24BrNO3. The first-order valence-electron chi connectivity index (χ1n) is 8.29. The van der Waals surface area contributed by atoms with Gasteiger partial charge in [0.25, 0.3) is 5.91 Å². The van der Waals surface area contributed by atoms with Gasteiger partial charge in [0.1, 0.15) is 11.5 Å². The number of aryl methyl sites for hydroxylation is 3. The van der Waals surface area contributed by atoms with Crippen molar-refractivity contribution in [1.82, 2.24) is 5.32 Å². The minimum absolute atomic E-state index is 0.0275. The lowest BCUT2D eigenvalue weighted by Gasteiger charge is -2.10. The molecule has 0 heterocycles. The maximum absolute atomic E-state index is 11.9. The molecule has 0 aliphatic rings. The third-order valence-corrected chi connectivity index (χ3v) is 5.13. The van der Waals surface area contributed by atoms with E-state index in [1.165, 1.54) is 5.56 Å². The molecule has 0 aliphatic heterocycles. The van der Waals surface area contributed by atoms with Gasteiger partial charge in [0, 0.05) is 11.0 Å². The van der Waals surface area contributed by atoms with Gasteiger partial charge in [0.05, 0.1) is 7.11 Å². The lowest BCUT2D eigenvalue weighted by atomic mass is 10.1. The molecule has 0 bridgehead atoms. The fraction of sp³-hybridized carbons (Fsp3) is 0.350. The van der Waals surface area contributed by atoms with Crippen molar-refractivity contribution in [1.29, 1.82) is 0 Å². The summed E-state index contributed by atoms with van der Waals surface area (Å²) in [5.41, 5.74) is 3.38.